The van der Waals surface area contributed by atoms with E-state index in [0.29, 0.717) is 48.7 Å². The molecule has 1 heterocycles. The third-order valence-electron chi connectivity index (χ3n) is 6.86. The standard InChI is InChI=1S/C28H14N2O4/c29-19-11-18-12-9-10-17-20(26(32)14-6-2-1-5-13(14)25(17)31)23(12)30-24(18)22-21(19)27(33)15-7-3-4-8-16(15)28(22)34/h1-11,30H,29H2. The van der Waals surface area contributed by atoms with Gasteiger partial charge in [-0.3, -0.25) is 19.2 Å². The van der Waals surface area contributed by atoms with Gasteiger partial charge >= 0.3 is 0 Å². The lowest BCUT2D eigenvalue weighted by Crippen LogP contribution is -2.14. The van der Waals surface area contributed by atoms with Crippen molar-refractivity contribution in [1.29, 1.82) is 0 Å². The highest BCUT2D eigenvalue weighted by atomic mass is 16.1. The minimum atomic E-state index is -0.314. The first kappa shape index (κ1) is 18.7. The molecule has 6 nitrogen and oxygen atoms in total. The molecule has 0 unspecified atom stereocenters. The Labute approximate surface area is 189 Å². The molecule has 0 fully saturated rings. The van der Waals surface area contributed by atoms with Crippen molar-refractivity contribution in [2.75, 3.05) is 5.73 Å². The topological polar surface area (TPSA) is 110 Å². The predicted molar refractivity (Wildman–Crippen MR) is 138 cm³/mol. The molecule has 1 aromatic heterocycles. The SMILES string of the molecule is Nc1cc2c3ccc4c(=O)c5ccccc5c(=O)c4c3[nH]c2c2c(=O)c3ccccc3c(=O)c12. The number of nitrogens with two attached hydrogens (primary N) is 1. The molecule has 0 amide bonds. The summed E-state index contributed by atoms with van der Waals surface area (Å²) in [5, 5.41) is 3.53. The van der Waals surface area contributed by atoms with E-state index in [1.54, 1.807) is 66.7 Å². The molecule has 0 aliphatic carbocycles. The fourth-order valence-electron chi connectivity index (χ4n) is 5.33. The molecule has 0 saturated carbocycles. The Hall–Kier alpha value is -4.84. The van der Waals surface area contributed by atoms with Gasteiger partial charge in [0.2, 0.25) is 0 Å². The summed E-state index contributed by atoms with van der Waals surface area (Å²) in [6.07, 6.45) is 0. The van der Waals surface area contributed by atoms with E-state index in [1.165, 1.54) is 0 Å². The van der Waals surface area contributed by atoms with Crippen molar-refractivity contribution in [3.63, 3.8) is 0 Å². The van der Waals surface area contributed by atoms with Crippen molar-refractivity contribution in [2.24, 2.45) is 0 Å². The van der Waals surface area contributed by atoms with Crippen molar-refractivity contribution in [2.45, 2.75) is 0 Å². The minimum absolute atomic E-state index is 0.157. The number of hydrogen-bond donors (Lipinski definition) is 2. The molecule has 0 saturated heterocycles. The number of benzene rings is 6. The number of aromatic amines is 1. The van der Waals surface area contributed by atoms with Crippen LogP contribution in [0.5, 0.6) is 0 Å². The molecule has 6 aromatic carbocycles. The quantitative estimate of drug-likeness (QED) is 0.274. The van der Waals surface area contributed by atoms with Crippen LogP contribution in [0.1, 0.15) is 0 Å². The second-order valence-corrected chi connectivity index (χ2v) is 8.58. The average molecular weight is 442 g/mol. The number of H-pyrrole nitrogens is 1. The monoisotopic (exact) mass is 442 g/mol. The van der Waals surface area contributed by atoms with Crippen molar-refractivity contribution in [1.82, 2.24) is 4.98 Å². The number of aromatic nitrogens is 1. The third-order valence-corrected chi connectivity index (χ3v) is 6.86. The van der Waals surface area contributed by atoms with E-state index < -0.39 is 0 Å². The van der Waals surface area contributed by atoms with Crippen LogP contribution >= 0.6 is 0 Å². The van der Waals surface area contributed by atoms with Crippen molar-refractivity contribution in [3.05, 3.63) is 108 Å². The van der Waals surface area contributed by atoms with E-state index >= 15 is 0 Å². The Bertz CT molecular complexity index is 2270. The van der Waals surface area contributed by atoms with E-state index in [-0.39, 0.29) is 43.6 Å². The van der Waals surface area contributed by atoms with Gasteiger partial charge in [-0.25, -0.2) is 0 Å². The lowest BCUT2D eigenvalue weighted by Gasteiger charge is -2.05. The summed E-state index contributed by atoms with van der Waals surface area (Å²) < 4.78 is 0. The molecule has 0 radical (unpaired) electrons. The predicted octanol–water partition coefficient (Wildman–Crippen LogP) is 3.83. The van der Waals surface area contributed by atoms with E-state index in [0.717, 1.165) is 0 Å². The summed E-state index contributed by atoms with van der Waals surface area (Å²) in [4.78, 5) is 56.6. The second kappa shape index (κ2) is 6.14. The first-order chi connectivity index (χ1) is 16.5. The molecular formula is C28H14N2O4. The Balaban J connectivity index is 1.81. The third kappa shape index (κ3) is 2.10. The number of rotatable bonds is 0. The Kier molecular flexibility index (Phi) is 3.38. The zero-order valence-electron chi connectivity index (χ0n) is 17.6. The zero-order valence-corrected chi connectivity index (χ0v) is 17.6. The van der Waals surface area contributed by atoms with Crippen LogP contribution in [0.4, 0.5) is 5.69 Å². The van der Waals surface area contributed by atoms with Crippen molar-refractivity contribution in [3.8, 4) is 0 Å². The number of nitrogens with one attached hydrogen (secondary N) is 1. The van der Waals surface area contributed by atoms with Crippen LogP contribution in [0, 0.1) is 0 Å². The van der Waals surface area contributed by atoms with E-state index in [4.69, 9.17) is 5.73 Å². The maximum absolute atomic E-state index is 13.5. The normalized spacial score (nSPS) is 12.1. The summed E-state index contributed by atoms with van der Waals surface area (Å²) in [6.45, 7) is 0. The van der Waals surface area contributed by atoms with E-state index in [9.17, 15) is 19.2 Å². The van der Waals surface area contributed by atoms with Crippen LogP contribution in [0.2, 0.25) is 0 Å². The van der Waals surface area contributed by atoms with E-state index in [1.807, 2.05) is 0 Å². The summed E-state index contributed by atoms with van der Waals surface area (Å²) in [5.41, 5.74) is 6.27. The highest BCUT2D eigenvalue weighted by Crippen LogP contribution is 2.35. The van der Waals surface area contributed by atoms with Crippen LogP contribution in [0.15, 0.2) is 85.9 Å². The van der Waals surface area contributed by atoms with Crippen molar-refractivity contribution < 1.29 is 0 Å². The van der Waals surface area contributed by atoms with Gasteiger partial charge in [0, 0.05) is 43.4 Å². The van der Waals surface area contributed by atoms with Gasteiger partial charge in [0.15, 0.2) is 21.7 Å². The Morgan fingerprint density at radius 2 is 0.941 bits per heavy atom. The molecule has 6 heteroatoms. The maximum atomic E-state index is 13.5. The van der Waals surface area contributed by atoms with Gasteiger partial charge in [0.05, 0.1) is 27.2 Å². The summed E-state index contributed by atoms with van der Waals surface area (Å²) in [6, 6.07) is 18.4. The first-order valence-corrected chi connectivity index (χ1v) is 10.7. The highest BCUT2D eigenvalue weighted by Gasteiger charge is 2.21. The molecule has 160 valence electrons. The molecule has 0 aliphatic rings. The van der Waals surface area contributed by atoms with Crippen LogP contribution in [-0.4, -0.2) is 4.98 Å². The van der Waals surface area contributed by atoms with Gasteiger partial charge in [-0.15, -0.1) is 0 Å². The average Bonchev–Trinajstić information content (AvgIpc) is 3.23. The molecule has 0 bridgehead atoms. The first-order valence-electron chi connectivity index (χ1n) is 10.7. The van der Waals surface area contributed by atoms with Crippen LogP contribution in [0.3, 0.4) is 0 Å². The van der Waals surface area contributed by atoms with Crippen LogP contribution in [-0.2, 0) is 0 Å². The molecule has 34 heavy (non-hydrogen) atoms. The van der Waals surface area contributed by atoms with Gasteiger partial charge in [-0.05, 0) is 12.1 Å². The summed E-state index contributed by atoms with van der Waals surface area (Å²) in [7, 11) is 0. The zero-order chi connectivity index (χ0) is 23.3. The number of hydrogen-bond acceptors (Lipinski definition) is 5. The second-order valence-electron chi connectivity index (χ2n) is 8.58. The Morgan fingerprint density at radius 1 is 0.471 bits per heavy atom. The number of fused-ring (bicyclic) bond motifs is 9. The molecule has 0 aliphatic heterocycles. The summed E-state index contributed by atoms with van der Waals surface area (Å²) in [5.74, 6) is 0. The molecule has 0 atom stereocenters. The number of anilines is 1. The molecule has 0 spiro atoms. The lowest BCUT2D eigenvalue weighted by atomic mass is 9.97. The smallest absolute Gasteiger partial charge is 0.196 e. The van der Waals surface area contributed by atoms with Gasteiger partial charge in [-0.2, -0.15) is 0 Å². The van der Waals surface area contributed by atoms with Gasteiger partial charge in [-0.1, -0.05) is 54.6 Å². The van der Waals surface area contributed by atoms with Gasteiger partial charge in [0.25, 0.3) is 0 Å². The van der Waals surface area contributed by atoms with E-state index in [2.05, 4.69) is 4.98 Å². The van der Waals surface area contributed by atoms with Gasteiger partial charge in [0.1, 0.15) is 0 Å². The highest BCUT2D eigenvalue weighted by molar-refractivity contribution is 6.26. The van der Waals surface area contributed by atoms with Crippen LogP contribution < -0.4 is 27.4 Å². The largest absolute Gasteiger partial charge is 0.398 e. The molecule has 7 rings (SSSR count). The molecule has 7 aromatic rings. The fourth-order valence-corrected chi connectivity index (χ4v) is 5.33. The fraction of sp³-hybridized carbons (Fsp3) is 0. The van der Waals surface area contributed by atoms with Crippen LogP contribution in [0.25, 0.3) is 64.9 Å². The molecular weight excluding hydrogens is 428 g/mol. The molecule has 3 N–H and O–H groups in total. The van der Waals surface area contributed by atoms with Crippen molar-refractivity contribution >= 4 is 70.6 Å². The lowest BCUT2D eigenvalue weighted by molar-refractivity contribution is 1.56. The maximum Gasteiger partial charge on any atom is 0.196 e. The number of nitrogen functional groups attached to an aromatic ring is 1. The van der Waals surface area contributed by atoms with Gasteiger partial charge < -0.3 is 10.7 Å². The summed E-state index contributed by atoms with van der Waals surface area (Å²) >= 11 is 0. The minimum Gasteiger partial charge on any atom is -0.398 e. The Morgan fingerprint density at radius 3 is 1.56 bits per heavy atom.